The first-order valence-electron chi connectivity index (χ1n) is 12.8. The molecule has 11 heteroatoms. The fraction of sp³-hybridized carbons (Fsp3) is 0.370. The van der Waals surface area contributed by atoms with Crippen molar-refractivity contribution in [2.75, 3.05) is 51.9 Å². The van der Waals surface area contributed by atoms with E-state index in [2.05, 4.69) is 21.5 Å². The van der Waals surface area contributed by atoms with Crippen LogP contribution in [0.1, 0.15) is 19.2 Å². The Morgan fingerprint density at radius 2 is 1.84 bits per heavy atom. The van der Waals surface area contributed by atoms with Crippen LogP contribution in [0.2, 0.25) is 0 Å². The van der Waals surface area contributed by atoms with Gasteiger partial charge in [-0.3, -0.25) is 4.79 Å². The molecule has 0 bridgehead atoms. The number of hydrogen-bond donors (Lipinski definition) is 0. The number of ether oxygens (including phenoxy) is 2. The molecule has 2 aliphatic rings. The minimum atomic E-state index is -0.0155. The maximum atomic E-state index is 12.5. The molecule has 0 saturated carbocycles. The van der Waals surface area contributed by atoms with Crippen molar-refractivity contribution in [2.45, 2.75) is 19.9 Å². The SMILES string of the molecule is CCn1c(C2=CC(=O)N(C)CC2)nc2c(N3CCOCC3)nc(-n3cc(-c4ccccc4)c(OC)n3)nc21. The number of rotatable bonds is 6. The van der Waals surface area contributed by atoms with E-state index in [1.165, 1.54) is 0 Å². The van der Waals surface area contributed by atoms with Gasteiger partial charge in [-0.2, -0.15) is 9.97 Å². The molecule has 2 aliphatic heterocycles. The number of amides is 1. The van der Waals surface area contributed by atoms with Crippen LogP contribution in [0.3, 0.4) is 0 Å². The first kappa shape index (κ1) is 24.1. The molecule has 1 fully saturated rings. The molecule has 1 aromatic carbocycles. The minimum Gasteiger partial charge on any atom is -0.479 e. The van der Waals surface area contributed by atoms with Crippen molar-refractivity contribution in [3.8, 4) is 23.0 Å². The Kier molecular flexibility index (Phi) is 6.28. The highest BCUT2D eigenvalue weighted by Crippen LogP contribution is 2.33. The molecular formula is C27H30N8O3. The molecule has 1 amide bonds. The van der Waals surface area contributed by atoms with Gasteiger partial charge in [0.1, 0.15) is 5.82 Å². The average Bonchev–Trinajstić information content (AvgIpc) is 3.56. The molecule has 0 radical (unpaired) electrons. The number of anilines is 1. The Balaban J connectivity index is 1.54. The van der Waals surface area contributed by atoms with Crippen molar-refractivity contribution in [1.29, 1.82) is 0 Å². The van der Waals surface area contributed by atoms with Gasteiger partial charge in [-0.15, -0.1) is 5.10 Å². The fourth-order valence-corrected chi connectivity index (χ4v) is 4.95. The second-order valence-corrected chi connectivity index (χ2v) is 9.34. The molecule has 3 aromatic heterocycles. The molecule has 0 spiro atoms. The van der Waals surface area contributed by atoms with Crippen molar-refractivity contribution in [1.82, 2.24) is 34.2 Å². The van der Waals surface area contributed by atoms with Gasteiger partial charge in [0, 0.05) is 51.1 Å². The Hall–Kier alpha value is -4.25. The van der Waals surface area contributed by atoms with Crippen molar-refractivity contribution in [3.63, 3.8) is 0 Å². The third kappa shape index (κ3) is 4.18. The number of aromatic nitrogens is 6. The third-order valence-electron chi connectivity index (χ3n) is 7.03. The summed E-state index contributed by atoms with van der Waals surface area (Å²) in [6.07, 6.45) is 4.31. The van der Waals surface area contributed by atoms with Crippen molar-refractivity contribution >= 4 is 28.5 Å². The molecule has 0 N–H and O–H groups in total. The van der Waals surface area contributed by atoms with Crippen LogP contribution in [0.25, 0.3) is 33.8 Å². The minimum absolute atomic E-state index is 0.0155. The van der Waals surface area contributed by atoms with Gasteiger partial charge in [-0.25, -0.2) is 9.67 Å². The van der Waals surface area contributed by atoms with Gasteiger partial charge >= 0.3 is 0 Å². The zero-order chi connectivity index (χ0) is 26.2. The monoisotopic (exact) mass is 514 g/mol. The molecule has 11 nitrogen and oxygen atoms in total. The van der Waals surface area contributed by atoms with Crippen LogP contribution in [0, 0.1) is 0 Å². The van der Waals surface area contributed by atoms with Gasteiger partial charge in [0.05, 0.1) is 25.9 Å². The van der Waals surface area contributed by atoms with Crippen LogP contribution in [0.4, 0.5) is 5.82 Å². The molecule has 0 unspecified atom stereocenters. The van der Waals surface area contributed by atoms with Gasteiger partial charge in [-0.05, 0) is 18.9 Å². The van der Waals surface area contributed by atoms with Crippen LogP contribution in [-0.2, 0) is 16.1 Å². The first-order valence-corrected chi connectivity index (χ1v) is 12.8. The highest BCUT2D eigenvalue weighted by molar-refractivity contribution is 5.97. The summed E-state index contributed by atoms with van der Waals surface area (Å²) in [5, 5.41) is 4.67. The second kappa shape index (κ2) is 9.90. The van der Waals surface area contributed by atoms with E-state index in [0.717, 1.165) is 34.8 Å². The van der Waals surface area contributed by atoms with E-state index in [4.69, 9.17) is 24.4 Å². The van der Waals surface area contributed by atoms with Crippen LogP contribution in [0.5, 0.6) is 5.88 Å². The highest BCUT2D eigenvalue weighted by Gasteiger charge is 2.27. The standard InChI is InChI=1S/C27H30N8O3/c1-4-34-23(19-10-11-32(2)21(36)16-19)28-22-24(33-12-14-38-15-13-33)29-27(30-25(22)34)35-17-20(26(31-35)37-3)18-8-6-5-7-9-18/h5-9,16-17H,4,10-15H2,1-3H3. The zero-order valence-corrected chi connectivity index (χ0v) is 21.8. The maximum absolute atomic E-state index is 12.5. The largest absolute Gasteiger partial charge is 0.479 e. The summed E-state index contributed by atoms with van der Waals surface area (Å²) >= 11 is 0. The normalized spacial score (nSPS) is 16.3. The molecule has 5 heterocycles. The van der Waals surface area contributed by atoms with E-state index in [1.54, 1.807) is 22.8 Å². The Bertz CT molecular complexity index is 1520. The number of benzene rings is 1. The first-order chi connectivity index (χ1) is 18.6. The molecule has 0 atom stereocenters. The molecule has 38 heavy (non-hydrogen) atoms. The van der Waals surface area contributed by atoms with Gasteiger partial charge < -0.3 is 23.8 Å². The lowest BCUT2D eigenvalue weighted by atomic mass is 10.1. The molecule has 196 valence electrons. The number of hydrogen-bond acceptors (Lipinski definition) is 8. The summed E-state index contributed by atoms with van der Waals surface area (Å²) < 4.78 is 14.9. The molecule has 0 aliphatic carbocycles. The van der Waals surface area contributed by atoms with Crippen molar-refractivity contribution in [3.05, 3.63) is 48.4 Å². The van der Waals surface area contributed by atoms with E-state index in [9.17, 15) is 4.79 Å². The van der Waals surface area contributed by atoms with Gasteiger partial charge in [0.25, 0.3) is 5.95 Å². The summed E-state index contributed by atoms with van der Waals surface area (Å²) in [5.41, 5.74) is 4.17. The smallest absolute Gasteiger partial charge is 0.254 e. The lowest BCUT2D eigenvalue weighted by Crippen LogP contribution is -2.37. The number of fused-ring (bicyclic) bond motifs is 1. The quantitative estimate of drug-likeness (QED) is 0.387. The highest BCUT2D eigenvalue weighted by atomic mass is 16.5. The zero-order valence-electron chi connectivity index (χ0n) is 21.8. The summed E-state index contributed by atoms with van der Waals surface area (Å²) in [7, 11) is 3.42. The predicted octanol–water partition coefficient (Wildman–Crippen LogP) is 2.79. The number of nitrogens with zero attached hydrogens (tertiary/aromatic N) is 8. The number of aryl methyl sites for hydroxylation is 1. The van der Waals surface area contributed by atoms with Crippen LogP contribution in [0.15, 0.2) is 42.6 Å². The van der Waals surface area contributed by atoms with E-state index < -0.39 is 0 Å². The summed E-state index contributed by atoms with van der Waals surface area (Å²) in [6, 6.07) is 9.97. The maximum Gasteiger partial charge on any atom is 0.254 e. The number of methoxy groups -OCH3 is 1. The lowest BCUT2D eigenvalue weighted by molar-refractivity contribution is -0.125. The van der Waals surface area contributed by atoms with Crippen molar-refractivity contribution in [2.24, 2.45) is 0 Å². The number of carbonyl (C=O) groups excluding carboxylic acids is 1. The Labute approximate surface area is 220 Å². The number of imidazole rings is 1. The lowest BCUT2D eigenvalue weighted by Gasteiger charge is -2.28. The fourth-order valence-electron chi connectivity index (χ4n) is 4.95. The molecule has 1 saturated heterocycles. The van der Waals surface area contributed by atoms with E-state index in [1.807, 2.05) is 43.6 Å². The molecular weight excluding hydrogens is 484 g/mol. The van der Waals surface area contributed by atoms with E-state index in [0.29, 0.717) is 62.4 Å². The van der Waals surface area contributed by atoms with Crippen LogP contribution >= 0.6 is 0 Å². The van der Waals surface area contributed by atoms with Crippen LogP contribution in [-0.4, -0.2) is 87.1 Å². The van der Waals surface area contributed by atoms with Gasteiger partial charge in [0.15, 0.2) is 17.0 Å². The summed E-state index contributed by atoms with van der Waals surface area (Å²) in [4.78, 5) is 31.3. The summed E-state index contributed by atoms with van der Waals surface area (Å²) in [6.45, 7) is 5.98. The third-order valence-corrected chi connectivity index (χ3v) is 7.03. The second-order valence-electron chi connectivity index (χ2n) is 9.34. The van der Waals surface area contributed by atoms with Crippen LogP contribution < -0.4 is 9.64 Å². The van der Waals surface area contributed by atoms with E-state index >= 15 is 0 Å². The number of likely N-dealkylation sites (N-methyl/N-ethyl adjacent to an activating group) is 1. The Morgan fingerprint density at radius 3 is 2.55 bits per heavy atom. The van der Waals surface area contributed by atoms with Crippen molar-refractivity contribution < 1.29 is 14.3 Å². The number of carbonyl (C=O) groups is 1. The number of morpholine rings is 1. The molecule has 6 rings (SSSR count). The van der Waals surface area contributed by atoms with Gasteiger partial charge in [0.2, 0.25) is 11.8 Å². The average molecular weight is 515 g/mol. The van der Waals surface area contributed by atoms with E-state index in [-0.39, 0.29) is 5.91 Å². The Morgan fingerprint density at radius 1 is 1.05 bits per heavy atom. The summed E-state index contributed by atoms with van der Waals surface area (Å²) in [5.74, 6) is 2.39. The molecule has 4 aromatic rings. The topological polar surface area (TPSA) is 103 Å². The predicted molar refractivity (Wildman–Crippen MR) is 143 cm³/mol. The van der Waals surface area contributed by atoms with Gasteiger partial charge in [-0.1, -0.05) is 30.3 Å².